The number of nitrogens with zero attached hydrogens (tertiary/aromatic N) is 1. The Morgan fingerprint density at radius 3 is 2.09 bits per heavy atom. The molecule has 0 bridgehead atoms. The molecule has 2 amide bonds. The molecule has 1 aliphatic carbocycles. The predicted molar refractivity (Wildman–Crippen MR) is 129 cm³/mol. The van der Waals surface area contributed by atoms with Gasteiger partial charge in [-0.05, 0) is 39.9 Å². The van der Waals surface area contributed by atoms with Gasteiger partial charge in [-0.3, -0.25) is 9.59 Å². The third-order valence-corrected chi connectivity index (χ3v) is 6.06. The number of benzene rings is 3. The largest absolute Gasteiger partial charge is 0.508 e. The van der Waals surface area contributed by atoms with E-state index in [4.69, 9.17) is 9.84 Å². The molecule has 0 unspecified atom stereocenters. The molecule has 3 aromatic rings. The molecule has 35 heavy (non-hydrogen) atoms. The Kier molecular flexibility index (Phi) is 7.01. The highest BCUT2D eigenvalue weighted by Crippen LogP contribution is 2.44. The van der Waals surface area contributed by atoms with Crippen molar-refractivity contribution in [2.24, 2.45) is 0 Å². The number of carboxylic acid groups (broad SMARTS) is 1. The molecule has 0 aromatic heterocycles. The molecule has 8 nitrogen and oxygen atoms in total. The number of rotatable bonds is 8. The molecule has 1 atom stereocenters. The molecule has 0 radical (unpaired) electrons. The normalized spacial score (nSPS) is 12.8. The SMILES string of the molecule is CN(CC(=O)O)C(=O)[C@H](Cc1ccc(O)cc1)NC(=O)OCC1c2ccccc2-c2ccccc21. The Labute approximate surface area is 202 Å². The van der Waals surface area contributed by atoms with Gasteiger partial charge in [-0.1, -0.05) is 60.7 Å². The quantitative estimate of drug-likeness (QED) is 0.461. The Morgan fingerprint density at radius 1 is 0.943 bits per heavy atom. The number of phenolic OH excluding ortho intramolecular Hbond substituents is 1. The van der Waals surface area contributed by atoms with Gasteiger partial charge in [0.05, 0.1) is 0 Å². The van der Waals surface area contributed by atoms with Gasteiger partial charge >= 0.3 is 12.1 Å². The molecule has 0 spiro atoms. The zero-order valence-electron chi connectivity index (χ0n) is 19.2. The number of carbonyl (C=O) groups is 3. The Hall–Kier alpha value is -4.33. The van der Waals surface area contributed by atoms with E-state index in [1.165, 1.54) is 19.2 Å². The van der Waals surface area contributed by atoms with E-state index < -0.39 is 30.6 Å². The van der Waals surface area contributed by atoms with Crippen LogP contribution in [0.15, 0.2) is 72.8 Å². The van der Waals surface area contributed by atoms with Crippen molar-refractivity contribution in [2.75, 3.05) is 20.2 Å². The Balaban J connectivity index is 1.47. The number of alkyl carbamates (subject to hydrolysis) is 1. The summed E-state index contributed by atoms with van der Waals surface area (Å²) in [6.45, 7) is -0.414. The van der Waals surface area contributed by atoms with Crippen LogP contribution in [-0.4, -0.2) is 59.3 Å². The molecule has 0 heterocycles. The van der Waals surface area contributed by atoms with Crippen LogP contribution >= 0.6 is 0 Å². The van der Waals surface area contributed by atoms with Crippen LogP contribution in [-0.2, 0) is 20.7 Å². The van der Waals surface area contributed by atoms with Gasteiger partial charge in [0.25, 0.3) is 0 Å². The van der Waals surface area contributed by atoms with Crippen molar-refractivity contribution in [1.29, 1.82) is 0 Å². The second-order valence-corrected chi connectivity index (χ2v) is 8.48. The highest BCUT2D eigenvalue weighted by molar-refractivity contribution is 5.88. The van der Waals surface area contributed by atoms with Crippen molar-refractivity contribution in [3.8, 4) is 16.9 Å². The van der Waals surface area contributed by atoms with Gasteiger partial charge < -0.3 is 25.2 Å². The first-order valence-corrected chi connectivity index (χ1v) is 11.2. The summed E-state index contributed by atoms with van der Waals surface area (Å²) in [5.74, 6) is -1.78. The van der Waals surface area contributed by atoms with Crippen LogP contribution in [0.5, 0.6) is 5.75 Å². The number of likely N-dealkylation sites (N-methyl/N-ethyl adjacent to an activating group) is 1. The maximum absolute atomic E-state index is 12.9. The molecular formula is C27H26N2O6. The van der Waals surface area contributed by atoms with Crippen molar-refractivity contribution < 1.29 is 29.3 Å². The zero-order valence-corrected chi connectivity index (χ0v) is 19.2. The van der Waals surface area contributed by atoms with Crippen LogP contribution < -0.4 is 5.32 Å². The number of carboxylic acids is 1. The highest BCUT2D eigenvalue weighted by Gasteiger charge is 2.30. The van der Waals surface area contributed by atoms with E-state index in [2.05, 4.69) is 5.32 Å². The van der Waals surface area contributed by atoms with E-state index in [1.807, 2.05) is 48.5 Å². The second kappa shape index (κ2) is 10.3. The summed E-state index contributed by atoms with van der Waals surface area (Å²) in [5.41, 5.74) is 5.03. The van der Waals surface area contributed by atoms with Crippen LogP contribution in [0.4, 0.5) is 4.79 Å². The summed E-state index contributed by atoms with van der Waals surface area (Å²) in [6, 6.07) is 21.1. The summed E-state index contributed by atoms with van der Waals surface area (Å²) in [5, 5.41) is 21.2. The molecule has 0 aliphatic heterocycles. The van der Waals surface area contributed by atoms with Gasteiger partial charge in [0, 0.05) is 19.4 Å². The van der Waals surface area contributed by atoms with Gasteiger partial charge in [0.15, 0.2) is 0 Å². The lowest BCUT2D eigenvalue weighted by atomic mass is 9.98. The third kappa shape index (κ3) is 5.43. The minimum absolute atomic E-state index is 0.0733. The minimum atomic E-state index is -1.16. The lowest BCUT2D eigenvalue weighted by Crippen LogP contribution is -2.49. The third-order valence-electron chi connectivity index (χ3n) is 6.06. The van der Waals surface area contributed by atoms with Crippen LogP contribution in [0.1, 0.15) is 22.6 Å². The number of amides is 2. The predicted octanol–water partition coefficient (Wildman–Crippen LogP) is 3.39. The van der Waals surface area contributed by atoms with Gasteiger partial charge in [-0.25, -0.2) is 4.79 Å². The van der Waals surface area contributed by atoms with E-state index in [0.717, 1.165) is 27.2 Å². The number of phenols is 1. The first-order chi connectivity index (χ1) is 16.8. The molecule has 0 fully saturated rings. The van der Waals surface area contributed by atoms with E-state index in [0.29, 0.717) is 5.56 Å². The van der Waals surface area contributed by atoms with Crippen molar-refractivity contribution in [3.63, 3.8) is 0 Å². The maximum atomic E-state index is 12.9. The number of hydrogen-bond donors (Lipinski definition) is 3. The summed E-state index contributed by atoms with van der Waals surface area (Å²) < 4.78 is 5.56. The summed E-state index contributed by atoms with van der Waals surface area (Å²) in [6.07, 6.45) is -0.666. The van der Waals surface area contributed by atoms with Crippen molar-refractivity contribution in [2.45, 2.75) is 18.4 Å². The Morgan fingerprint density at radius 2 is 1.51 bits per heavy atom. The fourth-order valence-electron chi connectivity index (χ4n) is 4.40. The van der Waals surface area contributed by atoms with Gasteiger partial charge in [-0.2, -0.15) is 0 Å². The van der Waals surface area contributed by atoms with Crippen LogP contribution in [0.25, 0.3) is 11.1 Å². The lowest BCUT2D eigenvalue weighted by Gasteiger charge is -2.24. The number of hydrogen-bond acceptors (Lipinski definition) is 5. The first-order valence-electron chi connectivity index (χ1n) is 11.2. The van der Waals surface area contributed by atoms with E-state index >= 15 is 0 Å². The average molecular weight is 475 g/mol. The van der Waals surface area contributed by atoms with Gasteiger partial charge in [0.2, 0.25) is 5.91 Å². The van der Waals surface area contributed by atoms with Gasteiger partial charge in [-0.15, -0.1) is 0 Å². The van der Waals surface area contributed by atoms with Crippen LogP contribution in [0, 0.1) is 0 Å². The average Bonchev–Trinajstić information content (AvgIpc) is 3.16. The summed E-state index contributed by atoms with van der Waals surface area (Å²) >= 11 is 0. The minimum Gasteiger partial charge on any atom is -0.508 e. The molecule has 3 N–H and O–H groups in total. The molecular weight excluding hydrogens is 448 g/mol. The van der Waals surface area contributed by atoms with E-state index in [-0.39, 0.29) is 24.7 Å². The lowest BCUT2D eigenvalue weighted by molar-refractivity contribution is -0.144. The molecule has 1 aliphatic rings. The van der Waals surface area contributed by atoms with E-state index in [1.54, 1.807) is 12.1 Å². The molecule has 4 rings (SSSR count). The molecule has 3 aromatic carbocycles. The summed E-state index contributed by atoms with van der Waals surface area (Å²) in [7, 11) is 1.36. The number of aromatic hydroxyl groups is 1. The highest BCUT2D eigenvalue weighted by atomic mass is 16.5. The number of nitrogens with one attached hydrogen (secondary N) is 1. The number of aliphatic carboxylic acids is 1. The molecule has 0 saturated carbocycles. The summed E-state index contributed by atoms with van der Waals surface area (Å²) in [4.78, 5) is 37.8. The van der Waals surface area contributed by atoms with Crippen molar-refractivity contribution in [3.05, 3.63) is 89.5 Å². The molecule has 8 heteroatoms. The zero-order chi connectivity index (χ0) is 24.9. The fraction of sp³-hybridized carbons (Fsp3) is 0.222. The number of fused-ring (bicyclic) bond motifs is 3. The van der Waals surface area contributed by atoms with E-state index in [9.17, 15) is 19.5 Å². The maximum Gasteiger partial charge on any atom is 0.407 e. The first kappa shape index (κ1) is 23.8. The van der Waals surface area contributed by atoms with Crippen LogP contribution in [0.2, 0.25) is 0 Å². The number of ether oxygens (including phenoxy) is 1. The van der Waals surface area contributed by atoms with Gasteiger partial charge in [0.1, 0.15) is 24.9 Å². The molecule has 0 saturated heterocycles. The smallest absolute Gasteiger partial charge is 0.407 e. The van der Waals surface area contributed by atoms with Crippen LogP contribution in [0.3, 0.4) is 0 Å². The standard InChI is InChI=1S/C27H26N2O6/c1-29(15-25(31)32)26(33)24(14-17-10-12-18(30)13-11-17)28-27(34)35-16-23-21-8-4-2-6-19(21)20-7-3-5-9-22(20)23/h2-13,23-24,30H,14-16H2,1H3,(H,28,34)(H,31,32)/t24-/m0/s1. The van der Waals surface area contributed by atoms with Crippen molar-refractivity contribution in [1.82, 2.24) is 10.2 Å². The topological polar surface area (TPSA) is 116 Å². The monoisotopic (exact) mass is 474 g/mol. The second-order valence-electron chi connectivity index (χ2n) is 8.48. The number of carbonyl (C=O) groups excluding carboxylic acids is 2. The Bertz CT molecular complexity index is 1190. The fourth-order valence-corrected chi connectivity index (χ4v) is 4.40. The molecule has 180 valence electrons. The van der Waals surface area contributed by atoms with Crippen molar-refractivity contribution >= 4 is 18.0 Å².